The van der Waals surface area contributed by atoms with Crippen molar-refractivity contribution < 1.29 is 4.74 Å². The van der Waals surface area contributed by atoms with Crippen LogP contribution in [0.4, 0.5) is 5.69 Å². The van der Waals surface area contributed by atoms with Crippen molar-refractivity contribution in [3.05, 3.63) is 24.3 Å². The average Bonchev–Trinajstić information content (AvgIpc) is 2.28. The van der Waals surface area contributed by atoms with Gasteiger partial charge in [0.1, 0.15) is 11.8 Å². The van der Waals surface area contributed by atoms with Gasteiger partial charge in [0.25, 0.3) is 0 Å². The van der Waals surface area contributed by atoms with E-state index in [9.17, 15) is 0 Å². The van der Waals surface area contributed by atoms with E-state index in [1.807, 2.05) is 42.3 Å². The molecule has 4 heteroatoms. The van der Waals surface area contributed by atoms with E-state index in [2.05, 4.69) is 0 Å². The van der Waals surface area contributed by atoms with Gasteiger partial charge in [-0.1, -0.05) is 12.1 Å². The molecule has 2 N–H and O–H groups in total. The molecule has 1 rings (SSSR count). The zero-order valence-electron chi connectivity index (χ0n) is 8.97. The van der Waals surface area contributed by atoms with Crippen LogP contribution in [0, 0.1) is 11.3 Å². The van der Waals surface area contributed by atoms with Gasteiger partial charge in [-0.3, -0.25) is 0 Å². The first-order valence-electron chi connectivity index (χ1n) is 4.68. The summed E-state index contributed by atoms with van der Waals surface area (Å²) in [5.74, 6) is 0.783. The molecule has 0 spiro atoms. The van der Waals surface area contributed by atoms with Crippen molar-refractivity contribution in [1.29, 1.82) is 5.26 Å². The third kappa shape index (κ3) is 2.86. The summed E-state index contributed by atoms with van der Waals surface area (Å²) in [6, 6.07) is 9.15. The monoisotopic (exact) mass is 205 g/mol. The Morgan fingerprint density at radius 1 is 1.53 bits per heavy atom. The molecule has 0 fully saturated rings. The lowest BCUT2D eigenvalue weighted by Gasteiger charge is -2.22. The smallest absolute Gasteiger partial charge is 0.142 e. The van der Waals surface area contributed by atoms with E-state index < -0.39 is 6.04 Å². The van der Waals surface area contributed by atoms with E-state index in [0.29, 0.717) is 6.54 Å². The van der Waals surface area contributed by atoms with E-state index in [0.717, 1.165) is 11.4 Å². The Hall–Kier alpha value is -1.73. The number of likely N-dealkylation sites (N-methyl/N-ethyl adjacent to an activating group) is 1. The van der Waals surface area contributed by atoms with E-state index >= 15 is 0 Å². The molecule has 0 saturated carbocycles. The van der Waals surface area contributed by atoms with E-state index in [1.165, 1.54) is 0 Å². The van der Waals surface area contributed by atoms with Gasteiger partial charge < -0.3 is 15.4 Å². The van der Waals surface area contributed by atoms with Crippen molar-refractivity contribution in [2.24, 2.45) is 5.73 Å². The topological polar surface area (TPSA) is 62.3 Å². The number of hydrogen-bond acceptors (Lipinski definition) is 4. The lowest BCUT2D eigenvalue weighted by Crippen LogP contribution is -2.34. The molecular formula is C11H15N3O. The van der Waals surface area contributed by atoms with E-state index in [4.69, 9.17) is 15.7 Å². The molecule has 80 valence electrons. The van der Waals surface area contributed by atoms with Crippen LogP contribution in [0.25, 0.3) is 0 Å². The SMILES string of the molecule is COc1ccccc1N(C)CC(N)C#N. The number of methoxy groups -OCH3 is 1. The molecule has 0 heterocycles. The minimum atomic E-state index is -0.486. The molecule has 4 nitrogen and oxygen atoms in total. The highest BCUT2D eigenvalue weighted by Crippen LogP contribution is 2.26. The van der Waals surface area contributed by atoms with Crippen molar-refractivity contribution in [3.63, 3.8) is 0 Å². The van der Waals surface area contributed by atoms with Crippen molar-refractivity contribution >= 4 is 5.69 Å². The van der Waals surface area contributed by atoms with Crippen LogP contribution >= 0.6 is 0 Å². The number of para-hydroxylation sites is 2. The quantitative estimate of drug-likeness (QED) is 0.796. The normalized spacial score (nSPS) is 11.6. The number of nitrogens with zero attached hydrogens (tertiary/aromatic N) is 2. The number of anilines is 1. The summed E-state index contributed by atoms with van der Waals surface area (Å²) in [4.78, 5) is 1.91. The average molecular weight is 205 g/mol. The molecule has 0 aliphatic heterocycles. The fraction of sp³-hybridized carbons (Fsp3) is 0.364. The number of nitriles is 1. The van der Waals surface area contributed by atoms with Crippen molar-refractivity contribution in [2.45, 2.75) is 6.04 Å². The number of benzene rings is 1. The minimum Gasteiger partial charge on any atom is -0.495 e. The molecule has 15 heavy (non-hydrogen) atoms. The van der Waals surface area contributed by atoms with Gasteiger partial charge in [-0.05, 0) is 12.1 Å². The Bertz CT molecular complexity index is 359. The fourth-order valence-electron chi connectivity index (χ4n) is 1.38. The predicted molar refractivity (Wildman–Crippen MR) is 59.9 cm³/mol. The summed E-state index contributed by atoms with van der Waals surface area (Å²) < 4.78 is 5.22. The highest BCUT2D eigenvalue weighted by Gasteiger charge is 2.10. The van der Waals surface area contributed by atoms with Gasteiger partial charge in [0, 0.05) is 13.6 Å². The van der Waals surface area contributed by atoms with Gasteiger partial charge in [0.15, 0.2) is 0 Å². The van der Waals surface area contributed by atoms with E-state index in [-0.39, 0.29) is 0 Å². The molecule has 0 saturated heterocycles. The third-order valence-electron chi connectivity index (χ3n) is 2.13. The third-order valence-corrected chi connectivity index (χ3v) is 2.13. The maximum atomic E-state index is 8.62. The van der Waals surface area contributed by atoms with Crippen LogP contribution in [-0.4, -0.2) is 26.7 Å². The molecule has 0 amide bonds. The molecule has 0 aliphatic rings. The summed E-state index contributed by atoms with van der Waals surface area (Å²) >= 11 is 0. The summed E-state index contributed by atoms with van der Waals surface area (Å²) in [7, 11) is 3.51. The molecule has 1 unspecified atom stereocenters. The van der Waals surface area contributed by atoms with Crippen LogP contribution in [0.15, 0.2) is 24.3 Å². The Balaban J connectivity index is 2.82. The highest BCUT2D eigenvalue weighted by atomic mass is 16.5. The van der Waals surface area contributed by atoms with Gasteiger partial charge in [-0.15, -0.1) is 0 Å². The van der Waals surface area contributed by atoms with Crippen LogP contribution in [0.3, 0.4) is 0 Å². The number of ether oxygens (including phenoxy) is 1. The summed E-state index contributed by atoms with van der Waals surface area (Å²) in [5, 5.41) is 8.62. The van der Waals surface area contributed by atoms with Crippen molar-refractivity contribution in [2.75, 3.05) is 25.6 Å². The second-order valence-corrected chi connectivity index (χ2v) is 3.29. The van der Waals surface area contributed by atoms with Gasteiger partial charge in [0.2, 0.25) is 0 Å². The Kier molecular flexibility index (Phi) is 3.95. The van der Waals surface area contributed by atoms with Gasteiger partial charge in [-0.25, -0.2) is 0 Å². The van der Waals surface area contributed by atoms with Crippen LogP contribution in [0.2, 0.25) is 0 Å². The highest BCUT2D eigenvalue weighted by molar-refractivity contribution is 5.58. The molecule has 0 aliphatic carbocycles. The molecule has 0 aromatic heterocycles. The second-order valence-electron chi connectivity index (χ2n) is 3.29. The zero-order chi connectivity index (χ0) is 11.3. The van der Waals surface area contributed by atoms with Crippen LogP contribution in [0.1, 0.15) is 0 Å². The van der Waals surface area contributed by atoms with Crippen LogP contribution < -0.4 is 15.4 Å². The predicted octanol–water partition coefficient (Wildman–Crippen LogP) is 0.982. The Labute approximate surface area is 89.9 Å². The fourth-order valence-corrected chi connectivity index (χ4v) is 1.38. The lowest BCUT2D eigenvalue weighted by atomic mass is 10.2. The number of nitrogens with two attached hydrogens (primary N) is 1. The maximum absolute atomic E-state index is 8.62. The zero-order valence-corrected chi connectivity index (χ0v) is 8.97. The molecule has 1 atom stereocenters. The maximum Gasteiger partial charge on any atom is 0.142 e. The standard InChI is InChI=1S/C11H15N3O/c1-14(8-9(13)7-12)10-5-3-4-6-11(10)15-2/h3-6,9H,8,13H2,1-2H3. The summed E-state index contributed by atoms with van der Waals surface area (Å²) in [6.07, 6.45) is 0. The van der Waals surface area contributed by atoms with Gasteiger partial charge >= 0.3 is 0 Å². The van der Waals surface area contributed by atoms with Crippen molar-refractivity contribution in [1.82, 2.24) is 0 Å². The Morgan fingerprint density at radius 2 is 2.20 bits per heavy atom. The minimum absolute atomic E-state index is 0.483. The molecule has 0 radical (unpaired) electrons. The lowest BCUT2D eigenvalue weighted by molar-refractivity contribution is 0.414. The molecule has 1 aromatic rings. The van der Waals surface area contributed by atoms with Crippen LogP contribution in [0.5, 0.6) is 5.75 Å². The summed E-state index contributed by atoms with van der Waals surface area (Å²) in [5.41, 5.74) is 6.49. The Morgan fingerprint density at radius 3 is 2.80 bits per heavy atom. The first kappa shape index (κ1) is 11.3. The van der Waals surface area contributed by atoms with Crippen LogP contribution in [-0.2, 0) is 0 Å². The largest absolute Gasteiger partial charge is 0.495 e. The van der Waals surface area contributed by atoms with E-state index in [1.54, 1.807) is 7.11 Å². The molecule has 1 aromatic carbocycles. The van der Waals surface area contributed by atoms with Crippen molar-refractivity contribution in [3.8, 4) is 11.8 Å². The molecule has 0 bridgehead atoms. The number of rotatable bonds is 4. The second kappa shape index (κ2) is 5.23. The molecular weight excluding hydrogens is 190 g/mol. The van der Waals surface area contributed by atoms with Gasteiger partial charge in [-0.2, -0.15) is 5.26 Å². The first-order valence-corrected chi connectivity index (χ1v) is 4.68. The van der Waals surface area contributed by atoms with Gasteiger partial charge in [0.05, 0.1) is 18.9 Å². The number of hydrogen-bond donors (Lipinski definition) is 1. The summed E-state index contributed by atoms with van der Waals surface area (Å²) in [6.45, 7) is 0.483. The first-order chi connectivity index (χ1) is 7.19.